The highest BCUT2D eigenvalue weighted by atomic mass is 32.1. The molecular weight excluding hydrogens is 328 g/mol. The predicted molar refractivity (Wildman–Crippen MR) is 90.8 cm³/mol. The molecule has 0 aromatic carbocycles. The lowest BCUT2D eigenvalue weighted by atomic mass is 10.0. The maximum atomic E-state index is 12.5. The maximum Gasteiger partial charge on any atom is 0.273 e. The number of rotatable bonds is 2. The molecule has 4 rings (SSSR count). The molecule has 0 unspecified atom stereocenters. The van der Waals surface area contributed by atoms with Crippen molar-refractivity contribution in [3.63, 3.8) is 0 Å². The van der Waals surface area contributed by atoms with Gasteiger partial charge in [-0.2, -0.15) is 11.3 Å². The van der Waals surface area contributed by atoms with Crippen molar-refractivity contribution < 1.29 is 4.79 Å². The number of fused-ring (bicyclic) bond motifs is 1. The predicted octanol–water partition coefficient (Wildman–Crippen LogP) is 2.90. The Bertz CT molecular complexity index is 815. The van der Waals surface area contributed by atoms with Crippen molar-refractivity contribution >= 4 is 28.6 Å². The van der Waals surface area contributed by atoms with Gasteiger partial charge in [0, 0.05) is 47.1 Å². The molecule has 0 saturated carbocycles. The Hall–Kier alpha value is -2.12. The van der Waals surface area contributed by atoms with Crippen LogP contribution in [0.5, 0.6) is 0 Å². The molecule has 3 aromatic heterocycles. The first-order valence-corrected chi connectivity index (χ1v) is 9.24. The third-order valence-corrected chi connectivity index (χ3v) is 5.29. The van der Waals surface area contributed by atoms with Crippen LogP contribution in [-0.2, 0) is 12.8 Å². The summed E-state index contributed by atoms with van der Waals surface area (Å²) >= 11 is 3.11. The van der Waals surface area contributed by atoms with Crippen LogP contribution in [0, 0.1) is 0 Å². The molecule has 0 aliphatic carbocycles. The van der Waals surface area contributed by atoms with Crippen LogP contribution >= 0.6 is 22.7 Å². The summed E-state index contributed by atoms with van der Waals surface area (Å²) in [7, 11) is 0. The number of carbonyl (C=O) groups is 1. The largest absolute Gasteiger partial charge is 0.337 e. The lowest BCUT2D eigenvalue weighted by Gasteiger charge is -2.18. The third kappa shape index (κ3) is 2.77. The van der Waals surface area contributed by atoms with Gasteiger partial charge in [0.15, 0.2) is 0 Å². The Morgan fingerprint density at radius 1 is 1.09 bits per heavy atom. The number of aromatic nitrogens is 3. The lowest BCUT2D eigenvalue weighted by Crippen LogP contribution is -2.33. The van der Waals surface area contributed by atoms with Crippen LogP contribution in [-0.4, -0.2) is 38.8 Å². The van der Waals surface area contributed by atoms with Gasteiger partial charge in [0.1, 0.15) is 12.0 Å². The van der Waals surface area contributed by atoms with Crippen molar-refractivity contribution in [1.29, 1.82) is 0 Å². The van der Waals surface area contributed by atoms with E-state index >= 15 is 0 Å². The maximum absolute atomic E-state index is 12.5. The number of carbonyl (C=O) groups excluding carboxylic acids is 1. The molecule has 0 fully saturated rings. The van der Waals surface area contributed by atoms with Gasteiger partial charge in [-0.3, -0.25) is 4.79 Å². The fourth-order valence-corrected chi connectivity index (χ4v) is 4.02. The Morgan fingerprint density at radius 2 is 2.00 bits per heavy atom. The van der Waals surface area contributed by atoms with Crippen molar-refractivity contribution in [1.82, 2.24) is 19.9 Å². The first-order chi connectivity index (χ1) is 11.3. The van der Waals surface area contributed by atoms with Crippen LogP contribution in [0.2, 0.25) is 0 Å². The number of thiophene rings is 1. The lowest BCUT2D eigenvalue weighted by molar-refractivity contribution is 0.0758. The van der Waals surface area contributed by atoms with Crippen LogP contribution in [0.15, 0.2) is 34.0 Å². The van der Waals surface area contributed by atoms with Crippen molar-refractivity contribution in [2.45, 2.75) is 12.8 Å². The SMILES string of the molecule is O=C(c1cscn1)N1CCc2ncnc(-c3ccsc3)c2CC1. The van der Waals surface area contributed by atoms with E-state index in [0.717, 1.165) is 29.8 Å². The summed E-state index contributed by atoms with van der Waals surface area (Å²) in [5.74, 6) is 0.00380. The minimum absolute atomic E-state index is 0.00380. The Morgan fingerprint density at radius 3 is 2.78 bits per heavy atom. The van der Waals surface area contributed by atoms with Gasteiger partial charge in [-0.25, -0.2) is 15.0 Å². The molecule has 0 N–H and O–H groups in total. The van der Waals surface area contributed by atoms with Crippen molar-refractivity contribution in [2.24, 2.45) is 0 Å². The highest BCUT2D eigenvalue weighted by molar-refractivity contribution is 7.08. The van der Waals surface area contributed by atoms with Gasteiger partial charge >= 0.3 is 0 Å². The van der Waals surface area contributed by atoms with Crippen molar-refractivity contribution in [3.8, 4) is 11.3 Å². The van der Waals surface area contributed by atoms with Gasteiger partial charge in [-0.05, 0) is 17.9 Å². The number of nitrogens with zero attached hydrogens (tertiary/aromatic N) is 4. The monoisotopic (exact) mass is 342 g/mol. The normalized spacial score (nSPS) is 14.3. The van der Waals surface area contributed by atoms with E-state index in [9.17, 15) is 4.79 Å². The molecule has 1 aliphatic heterocycles. The van der Waals surface area contributed by atoms with E-state index in [1.54, 1.807) is 28.6 Å². The second kappa shape index (κ2) is 6.17. The summed E-state index contributed by atoms with van der Waals surface area (Å²) in [4.78, 5) is 27.4. The van der Waals surface area contributed by atoms with E-state index in [-0.39, 0.29) is 5.91 Å². The number of amides is 1. The van der Waals surface area contributed by atoms with Crippen molar-refractivity contribution in [3.05, 3.63) is 51.0 Å². The van der Waals surface area contributed by atoms with E-state index in [1.807, 2.05) is 4.90 Å². The average molecular weight is 342 g/mol. The Kier molecular flexibility index (Phi) is 3.88. The zero-order valence-corrected chi connectivity index (χ0v) is 13.9. The molecule has 0 saturated heterocycles. The second-order valence-electron chi connectivity index (χ2n) is 5.33. The van der Waals surface area contributed by atoms with Crippen molar-refractivity contribution in [2.75, 3.05) is 13.1 Å². The fraction of sp³-hybridized carbons (Fsp3) is 0.250. The zero-order valence-electron chi connectivity index (χ0n) is 12.3. The molecule has 0 spiro atoms. The van der Waals surface area contributed by atoms with Crippen LogP contribution < -0.4 is 0 Å². The third-order valence-electron chi connectivity index (χ3n) is 4.02. The van der Waals surface area contributed by atoms with Gasteiger partial charge in [0.2, 0.25) is 0 Å². The molecule has 7 heteroatoms. The molecule has 1 aliphatic rings. The molecule has 116 valence electrons. The smallest absolute Gasteiger partial charge is 0.273 e. The molecule has 4 heterocycles. The number of hydrogen-bond donors (Lipinski definition) is 0. The summed E-state index contributed by atoms with van der Waals surface area (Å²) in [5, 5.41) is 5.96. The van der Waals surface area contributed by atoms with Gasteiger partial charge in [0.05, 0.1) is 11.2 Å². The standard InChI is InChI=1S/C16H14N4OS2/c21-16(14-8-23-10-19-14)20-4-1-12-13(2-5-20)17-9-18-15(12)11-3-6-22-7-11/h3,6-10H,1-2,4-5H2. The van der Waals surface area contributed by atoms with Crippen LogP contribution in [0.4, 0.5) is 0 Å². The second-order valence-corrected chi connectivity index (χ2v) is 6.82. The minimum atomic E-state index is 0.00380. The number of thiazole rings is 1. The van der Waals surface area contributed by atoms with E-state index in [4.69, 9.17) is 0 Å². The molecule has 0 atom stereocenters. The van der Waals surface area contributed by atoms with Gasteiger partial charge in [-0.15, -0.1) is 11.3 Å². The Labute approximate surface area is 141 Å². The topological polar surface area (TPSA) is 59.0 Å². The highest BCUT2D eigenvalue weighted by Crippen LogP contribution is 2.27. The average Bonchev–Trinajstić information content (AvgIpc) is 3.24. The first kappa shape index (κ1) is 14.5. The van der Waals surface area contributed by atoms with Gasteiger partial charge in [0.25, 0.3) is 5.91 Å². The van der Waals surface area contributed by atoms with E-state index in [0.29, 0.717) is 18.8 Å². The summed E-state index contributed by atoms with van der Waals surface area (Å²) in [6.07, 6.45) is 3.16. The number of hydrogen-bond acceptors (Lipinski definition) is 6. The quantitative estimate of drug-likeness (QED) is 0.718. The molecule has 0 bridgehead atoms. The fourth-order valence-electron chi connectivity index (χ4n) is 2.86. The molecular formula is C16H14N4OS2. The van der Waals surface area contributed by atoms with E-state index < -0.39 is 0 Å². The molecule has 0 radical (unpaired) electrons. The zero-order chi connectivity index (χ0) is 15.6. The summed E-state index contributed by atoms with van der Waals surface area (Å²) in [5.41, 5.74) is 6.58. The summed E-state index contributed by atoms with van der Waals surface area (Å²) in [6.45, 7) is 1.34. The van der Waals surface area contributed by atoms with Crippen LogP contribution in [0.1, 0.15) is 21.7 Å². The molecule has 3 aromatic rings. The van der Waals surface area contributed by atoms with Gasteiger partial charge < -0.3 is 4.90 Å². The summed E-state index contributed by atoms with van der Waals surface area (Å²) < 4.78 is 0. The Balaban J connectivity index is 1.62. The molecule has 1 amide bonds. The van der Waals surface area contributed by atoms with Gasteiger partial charge in [-0.1, -0.05) is 0 Å². The highest BCUT2D eigenvalue weighted by Gasteiger charge is 2.23. The van der Waals surface area contributed by atoms with Crippen LogP contribution in [0.3, 0.4) is 0 Å². The minimum Gasteiger partial charge on any atom is -0.337 e. The van der Waals surface area contributed by atoms with E-state index in [1.165, 1.54) is 16.9 Å². The van der Waals surface area contributed by atoms with E-state index in [2.05, 4.69) is 31.8 Å². The first-order valence-electron chi connectivity index (χ1n) is 7.35. The summed E-state index contributed by atoms with van der Waals surface area (Å²) in [6, 6.07) is 2.08. The van der Waals surface area contributed by atoms with Crippen LogP contribution in [0.25, 0.3) is 11.3 Å². The molecule has 5 nitrogen and oxygen atoms in total. The molecule has 23 heavy (non-hydrogen) atoms.